The minimum Gasteiger partial charge on any atom is -0.478 e. The molecule has 1 N–H and O–H groups in total. The normalized spacial score (nSPS) is 10.7. The third-order valence-electron chi connectivity index (χ3n) is 2.03. The highest BCUT2D eigenvalue weighted by atomic mass is 35.5. The number of nitrogens with zero attached hydrogens (tertiary/aromatic N) is 2. The first-order valence-corrected chi connectivity index (χ1v) is 4.31. The van der Waals surface area contributed by atoms with Crippen LogP contribution >= 0.6 is 11.6 Å². The fourth-order valence-corrected chi connectivity index (χ4v) is 1.57. The van der Waals surface area contributed by atoms with E-state index >= 15 is 0 Å². The molecule has 0 bridgehead atoms. The van der Waals surface area contributed by atoms with Gasteiger partial charge in [0.05, 0.1) is 17.4 Å². The molecule has 4 nitrogen and oxygen atoms in total. The lowest BCUT2D eigenvalue weighted by Gasteiger charge is -1.99. The highest BCUT2D eigenvalue weighted by Gasteiger charge is 2.12. The molecular weight excluding hydrogens is 204 g/mol. The van der Waals surface area contributed by atoms with Gasteiger partial charge in [-0.2, -0.15) is 0 Å². The molecule has 0 radical (unpaired) electrons. The number of rotatable bonds is 1. The third-order valence-corrected chi connectivity index (χ3v) is 2.24. The Kier molecular flexibility index (Phi) is 1.93. The number of halogens is 1. The second-order valence-electron chi connectivity index (χ2n) is 2.98. The summed E-state index contributed by atoms with van der Waals surface area (Å²) >= 11 is 5.79. The topological polar surface area (TPSA) is 55.1 Å². The number of carboxylic acids is 1. The Morgan fingerprint density at radius 2 is 2.29 bits per heavy atom. The molecular formula is C9H7ClN2O2. The van der Waals surface area contributed by atoms with Crippen molar-refractivity contribution in [1.29, 1.82) is 0 Å². The summed E-state index contributed by atoms with van der Waals surface area (Å²) in [7, 11) is 1.79. The van der Waals surface area contributed by atoms with Gasteiger partial charge in [0.1, 0.15) is 5.52 Å². The van der Waals surface area contributed by atoms with Crippen LogP contribution in [0, 0.1) is 0 Å². The number of aromatic nitrogens is 2. The van der Waals surface area contributed by atoms with E-state index in [2.05, 4.69) is 4.98 Å². The number of aromatic carboxylic acids is 1. The molecule has 14 heavy (non-hydrogen) atoms. The number of hydrogen-bond donors (Lipinski definition) is 1. The van der Waals surface area contributed by atoms with Crippen LogP contribution < -0.4 is 0 Å². The molecule has 1 aromatic carbocycles. The summed E-state index contributed by atoms with van der Waals surface area (Å²) in [5, 5.41) is 9.31. The van der Waals surface area contributed by atoms with Gasteiger partial charge in [-0.3, -0.25) is 0 Å². The van der Waals surface area contributed by atoms with E-state index in [0.29, 0.717) is 10.5 Å². The number of benzene rings is 1. The summed E-state index contributed by atoms with van der Waals surface area (Å²) < 4.78 is 1.73. The average molecular weight is 211 g/mol. The van der Waals surface area contributed by atoms with Crippen LogP contribution in [-0.4, -0.2) is 20.6 Å². The highest BCUT2D eigenvalue weighted by Crippen LogP contribution is 2.22. The number of carbonyl (C=O) groups is 1. The lowest BCUT2D eigenvalue weighted by Crippen LogP contribution is -1.97. The molecule has 0 amide bonds. The molecule has 2 rings (SSSR count). The quantitative estimate of drug-likeness (QED) is 0.783. The summed E-state index contributed by atoms with van der Waals surface area (Å²) in [5.74, 6) is -1.02. The summed E-state index contributed by atoms with van der Waals surface area (Å²) in [6.45, 7) is 0. The van der Waals surface area contributed by atoms with E-state index in [-0.39, 0.29) is 5.56 Å². The highest BCUT2D eigenvalue weighted by molar-refractivity contribution is 6.31. The van der Waals surface area contributed by atoms with E-state index in [4.69, 9.17) is 16.7 Å². The molecule has 0 unspecified atom stereocenters. The van der Waals surface area contributed by atoms with Crippen LogP contribution in [0.4, 0.5) is 0 Å². The molecule has 0 atom stereocenters. The Morgan fingerprint density at radius 3 is 2.93 bits per heavy atom. The van der Waals surface area contributed by atoms with E-state index in [1.807, 2.05) is 0 Å². The maximum Gasteiger partial charge on any atom is 0.338 e. The van der Waals surface area contributed by atoms with Crippen molar-refractivity contribution in [2.75, 3.05) is 0 Å². The van der Waals surface area contributed by atoms with Crippen LogP contribution in [0.1, 0.15) is 10.4 Å². The molecule has 2 aromatic rings. The zero-order valence-electron chi connectivity index (χ0n) is 7.36. The predicted molar refractivity (Wildman–Crippen MR) is 52.7 cm³/mol. The number of imidazole rings is 1. The Hall–Kier alpha value is -1.55. The lowest BCUT2D eigenvalue weighted by molar-refractivity contribution is 0.0699. The van der Waals surface area contributed by atoms with Gasteiger partial charge in [-0.25, -0.2) is 9.78 Å². The standard InChI is InChI=1S/C9H7ClN2O2/c1-12-4-11-8-6(9(13)14)2-5(10)3-7(8)12/h2-4H,1H3,(H,13,14). The molecule has 0 saturated carbocycles. The monoisotopic (exact) mass is 210 g/mol. The van der Waals surface area contributed by atoms with Gasteiger partial charge in [0.2, 0.25) is 0 Å². The van der Waals surface area contributed by atoms with Gasteiger partial charge in [0.25, 0.3) is 0 Å². The van der Waals surface area contributed by atoms with Crippen molar-refractivity contribution in [3.63, 3.8) is 0 Å². The van der Waals surface area contributed by atoms with Crippen molar-refractivity contribution in [2.24, 2.45) is 7.05 Å². The molecule has 0 saturated heterocycles. The van der Waals surface area contributed by atoms with Gasteiger partial charge in [-0.15, -0.1) is 0 Å². The van der Waals surface area contributed by atoms with Gasteiger partial charge >= 0.3 is 5.97 Å². The molecule has 0 aliphatic rings. The van der Waals surface area contributed by atoms with E-state index in [1.54, 1.807) is 24.0 Å². The second kappa shape index (κ2) is 2.99. The third kappa shape index (κ3) is 1.24. The predicted octanol–water partition coefficient (Wildman–Crippen LogP) is 1.92. The van der Waals surface area contributed by atoms with Gasteiger partial charge in [0, 0.05) is 12.1 Å². The summed E-state index contributed by atoms with van der Waals surface area (Å²) in [4.78, 5) is 14.9. The van der Waals surface area contributed by atoms with Crippen molar-refractivity contribution < 1.29 is 9.90 Å². The van der Waals surface area contributed by atoms with Crippen LogP contribution in [0.2, 0.25) is 5.02 Å². The zero-order chi connectivity index (χ0) is 10.3. The summed E-state index contributed by atoms with van der Waals surface area (Å²) in [6, 6.07) is 3.09. The molecule has 1 aromatic heterocycles. The summed E-state index contributed by atoms with van der Waals surface area (Å²) in [6.07, 6.45) is 1.56. The fourth-order valence-electron chi connectivity index (χ4n) is 1.36. The number of hydrogen-bond acceptors (Lipinski definition) is 2. The zero-order valence-corrected chi connectivity index (χ0v) is 8.12. The van der Waals surface area contributed by atoms with Crippen LogP contribution in [-0.2, 0) is 7.05 Å². The molecule has 1 heterocycles. The maximum absolute atomic E-state index is 10.9. The first-order valence-electron chi connectivity index (χ1n) is 3.93. The first kappa shape index (κ1) is 9.02. The first-order chi connectivity index (χ1) is 6.59. The van der Waals surface area contributed by atoms with Crippen LogP contribution in [0.5, 0.6) is 0 Å². The van der Waals surface area contributed by atoms with Crippen molar-refractivity contribution in [3.05, 3.63) is 29.0 Å². The largest absolute Gasteiger partial charge is 0.478 e. The molecule has 0 spiro atoms. The van der Waals surface area contributed by atoms with Crippen LogP contribution in [0.25, 0.3) is 11.0 Å². The van der Waals surface area contributed by atoms with Crippen LogP contribution in [0.15, 0.2) is 18.5 Å². The van der Waals surface area contributed by atoms with E-state index in [9.17, 15) is 4.79 Å². The van der Waals surface area contributed by atoms with Gasteiger partial charge in [-0.05, 0) is 12.1 Å². The molecule has 5 heteroatoms. The van der Waals surface area contributed by atoms with Gasteiger partial charge in [-0.1, -0.05) is 11.6 Å². The van der Waals surface area contributed by atoms with E-state index in [0.717, 1.165) is 5.52 Å². The SMILES string of the molecule is Cn1cnc2c(C(=O)O)cc(Cl)cc21. The number of carboxylic acid groups (broad SMARTS) is 1. The van der Waals surface area contributed by atoms with Gasteiger partial charge < -0.3 is 9.67 Å². The van der Waals surface area contributed by atoms with Crippen molar-refractivity contribution >= 4 is 28.6 Å². The smallest absolute Gasteiger partial charge is 0.338 e. The molecule has 0 aliphatic heterocycles. The van der Waals surface area contributed by atoms with Crippen molar-refractivity contribution in [2.45, 2.75) is 0 Å². The van der Waals surface area contributed by atoms with Crippen molar-refractivity contribution in [3.8, 4) is 0 Å². The molecule has 0 fully saturated rings. The Balaban J connectivity index is 2.88. The average Bonchev–Trinajstić information content (AvgIpc) is 2.47. The second-order valence-corrected chi connectivity index (χ2v) is 3.42. The Morgan fingerprint density at radius 1 is 1.57 bits per heavy atom. The Labute approximate surface area is 84.7 Å². The molecule has 72 valence electrons. The maximum atomic E-state index is 10.9. The van der Waals surface area contributed by atoms with Crippen molar-refractivity contribution in [1.82, 2.24) is 9.55 Å². The van der Waals surface area contributed by atoms with E-state index in [1.165, 1.54) is 6.07 Å². The minimum absolute atomic E-state index is 0.133. The van der Waals surface area contributed by atoms with E-state index < -0.39 is 5.97 Å². The van der Waals surface area contributed by atoms with Gasteiger partial charge in [0.15, 0.2) is 0 Å². The molecule has 0 aliphatic carbocycles. The number of aryl methyl sites for hydroxylation is 1. The minimum atomic E-state index is -1.02. The Bertz CT molecular complexity index is 519. The summed E-state index contributed by atoms with van der Waals surface area (Å²) in [5.41, 5.74) is 1.31. The lowest BCUT2D eigenvalue weighted by atomic mass is 10.2. The number of fused-ring (bicyclic) bond motifs is 1. The van der Waals surface area contributed by atoms with Crippen LogP contribution in [0.3, 0.4) is 0 Å². The fraction of sp³-hybridized carbons (Fsp3) is 0.111.